The van der Waals surface area contributed by atoms with Crippen molar-refractivity contribution in [2.24, 2.45) is 11.7 Å². The van der Waals surface area contributed by atoms with Gasteiger partial charge in [-0.15, -0.1) is 0 Å². The van der Waals surface area contributed by atoms with E-state index in [4.69, 9.17) is 10.5 Å². The summed E-state index contributed by atoms with van der Waals surface area (Å²) in [7, 11) is 0. The van der Waals surface area contributed by atoms with E-state index in [1.165, 1.54) is 12.5 Å². The van der Waals surface area contributed by atoms with Crippen LogP contribution in [0.4, 0.5) is 5.69 Å². The van der Waals surface area contributed by atoms with Crippen molar-refractivity contribution in [3.05, 3.63) is 33.9 Å². The standard InChI is InChI=1S/C15H22N2O3/c1-2-11-3-6-13(7-4-11)20-15-9-12(10-16)5-8-14(15)17(18)19/h5,8-9,11,13H,2-4,6-7,10,16H2,1H3. The summed E-state index contributed by atoms with van der Waals surface area (Å²) in [5.74, 6) is 1.14. The lowest BCUT2D eigenvalue weighted by Gasteiger charge is -2.28. The van der Waals surface area contributed by atoms with E-state index in [2.05, 4.69) is 6.92 Å². The molecule has 110 valence electrons. The summed E-state index contributed by atoms with van der Waals surface area (Å²) < 4.78 is 5.89. The maximum absolute atomic E-state index is 11.1. The van der Waals surface area contributed by atoms with E-state index in [1.54, 1.807) is 12.1 Å². The monoisotopic (exact) mass is 278 g/mol. The van der Waals surface area contributed by atoms with Gasteiger partial charge in [-0.1, -0.05) is 19.4 Å². The second kappa shape index (κ2) is 6.70. The molecule has 0 unspecified atom stereocenters. The molecule has 1 fully saturated rings. The number of nitrogens with zero attached hydrogens (tertiary/aromatic N) is 1. The van der Waals surface area contributed by atoms with Gasteiger partial charge in [-0.2, -0.15) is 0 Å². The molecule has 0 bridgehead atoms. The van der Waals surface area contributed by atoms with Crippen LogP contribution in [0.15, 0.2) is 18.2 Å². The van der Waals surface area contributed by atoms with Crippen molar-refractivity contribution in [3.63, 3.8) is 0 Å². The van der Waals surface area contributed by atoms with Crippen molar-refractivity contribution in [1.82, 2.24) is 0 Å². The van der Waals surface area contributed by atoms with E-state index in [0.29, 0.717) is 12.3 Å². The molecular weight excluding hydrogens is 256 g/mol. The molecular formula is C15H22N2O3. The molecule has 0 spiro atoms. The molecule has 5 heteroatoms. The molecule has 1 aliphatic rings. The normalized spacial score (nSPS) is 22.5. The van der Waals surface area contributed by atoms with Crippen molar-refractivity contribution < 1.29 is 9.66 Å². The maximum Gasteiger partial charge on any atom is 0.310 e. The molecule has 1 saturated carbocycles. The van der Waals surface area contributed by atoms with Crippen LogP contribution in [0.2, 0.25) is 0 Å². The summed E-state index contributed by atoms with van der Waals surface area (Å²) in [6.45, 7) is 2.57. The van der Waals surface area contributed by atoms with Crippen molar-refractivity contribution in [2.75, 3.05) is 0 Å². The zero-order valence-electron chi connectivity index (χ0n) is 11.9. The topological polar surface area (TPSA) is 78.4 Å². The van der Waals surface area contributed by atoms with Crippen LogP contribution < -0.4 is 10.5 Å². The fourth-order valence-corrected chi connectivity index (χ4v) is 2.77. The summed E-state index contributed by atoms with van der Waals surface area (Å²) in [4.78, 5) is 10.7. The van der Waals surface area contributed by atoms with Gasteiger partial charge in [-0.3, -0.25) is 10.1 Å². The van der Waals surface area contributed by atoms with Gasteiger partial charge >= 0.3 is 5.69 Å². The fourth-order valence-electron chi connectivity index (χ4n) is 2.77. The Labute approximate surface area is 119 Å². The first kappa shape index (κ1) is 14.8. The Hall–Kier alpha value is -1.62. The first-order chi connectivity index (χ1) is 9.63. The SMILES string of the molecule is CCC1CCC(Oc2cc(CN)ccc2[N+](=O)[O-])CC1. The van der Waals surface area contributed by atoms with Crippen molar-refractivity contribution in [1.29, 1.82) is 0 Å². The Morgan fingerprint density at radius 2 is 2.05 bits per heavy atom. The molecule has 5 nitrogen and oxygen atoms in total. The van der Waals surface area contributed by atoms with Crippen LogP contribution in [0.1, 0.15) is 44.6 Å². The van der Waals surface area contributed by atoms with E-state index in [-0.39, 0.29) is 11.8 Å². The molecule has 1 aromatic carbocycles. The molecule has 0 radical (unpaired) electrons. The van der Waals surface area contributed by atoms with Gasteiger partial charge in [0.05, 0.1) is 11.0 Å². The maximum atomic E-state index is 11.1. The molecule has 2 N–H and O–H groups in total. The second-order valence-electron chi connectivity index (χ2n) is 5.43. The smallest absolute Gasteiger partial charge is 0.310 e. The highest BCUT2D eigenvalue weighted by Gasteiger charge is 2.24. The third-order valence-corrected chi connectivity index (χ3v) is 4.12. The number of benzene rings is 1. The Balaban J connectivity index is 2.09. The van der Waals surface area contributed by atoms with Gasteiger partial charge in [0.25, 0.3) is 0 Å². The molecule has 20 heavy (non-hydrogen) atoms. The van der Waals surface area contributed by atoms with Crippen molar-refractivity contribution in [2.45, 2.75) is 51.7 Å². The largest absolute Gasteiger partial charge is 0.483 e. The lowest BCUT2D eigenvalue weighted by atomic mass is 9.86. The Bertz CT molecular complexity index is 468. The summed E-state index contributed by atoms with van der Waals surface area (Å²) in [6, 6.07) is 4.86. The molecule has 0 amide bonds. The quantitative estimate of drug-likeness (QED) is 0.661. The first-order valence-electron chi connectivity index (χ1n) is 7.28. The fraction of sp³-hybridized carbons (Fsp3) is 0.600. The van der Waals surface area contributed by atoms with Gasteiger partial charge in [-0.25, -0.2) is 0 Å². The van der Waals surface area contributed by atoms with E-state index in [9.17, 15) is 10.1 Å². The van der Waals surface area contributed by atoms with Gasteiger partial charge in [0.1, 0.15) is 0 Å². The summed E-state index contributed by atoms with van der Waals surface area (Å²) in [5, 5.41) is 11.1. The molecule has 1 aliphatic carbocycles. The second-order valence-corrected chi connectivity index (χ2v) is 5.43. The lowest BCUT2D eigenvalue weighted by molar-refractivity contribution is -0.386. The van der Waals surface area contributed by atoms with Crippen molar-refractivity contribution in [3.8, 4) is 5.75 Å². The van der Waals surface area contributed by atoms with Gasteiger partial charge < -0.3 is 10.5 Å². The third kappa shape index (κ3) is 3.48. The highest BCUT2D eigenvalue weighted by Crippen LogP contribution is 2.33. The molecule has 2 rings (SSSR count). The number of hydrogen-bond donors (Lipinski definition) is 1. The Kier molecular flexibility index (Phi) is 4.95. The number of nitro groups is 1. The van der Waals surface area contributed by atoms with E-state index < -0.39 is 4.92 Å². The van der Waals surface area contributed by atoms with E-state index >= 15 is 0 Å². The average molecular weight is 278 g/mol. The van der Waals surface area contributed by atoms with E-state index in [1.807, 2.05) is 0 Å². The number of ether oxygens (including phenoxy) is 1. The highest BCUT2D eigenvalue weighted by molar-refractivity contribution is 5.48. The Morgan fingerprint density at radius 1 is 1.35 bits per heavy atom. The minimum atomic E-state index is -0.396. The third-order valence-electron chi connectivity index (χ3n) is 4.12. The van der Waals surface area contributed by atoms with Crippen LogP contribution in [-0.2, 0) is 6.54 Å². The van der Waals surface area contributed by atoms with Gasteiger partial charge in [-0.05, 0) is 43.2 Å². The number of hydrogen-bond acceptors (Lipinski definition) is 4. The van der Waals surface area contributed by atoms with Crippen LogP contribution in [0.3, 0.4) is 0 Å². The Morgan fingerprint density at radius 3 is 2.60 bits per heavy atom. The van der Waals surface area contributed by atoms with Crippen LogP contribution in [0, 0.1) is 16.0 Å². The van der Waals surface area contributed by atoms with Crippen LogP contribution in [-0.4, -0.2) is 11.0 Å². The minimum absolute atomic E-state index is 0.0276. The van der Waals surface area contributed by atoms with Crippen LogP contribution >= 0.6 is 0 Å². The molecule has 1 aromatic rings. The number of nitrogens with two attached hydrogens (primary N) is 1. The van der Waals surface area contributed by atoms with Gasteiger partial charge in [0.2, 0.25) is 0 Å². The number of rotatable bonds is 5. The van der Waals surface area contributed by atoms with E-state index in [0.717, 1.165) is 37.2 Å². The molecule has 0 heterocycles. The summed E-state index contributed by atoms with van der Waals surface area (Å²) >= 11 is 0. The zero-order valence-corrected chi connectivity index (χ0v) is 11.9. The van der Waals surface area contributed by atoms with Crippen LogP contribution in [0.5, 0.6) is 5.75 Å². The molecule has 0 aliphatic heterocycles. The van der Waals surface area contributed by atoms with Crippen LogP contribution in [0.25, 0.3) is 0 Å². The number of nitro benzene ring substituents is 1. The first-order valence-corrected chi connectivity index (χ1v) is 7.28. The summed E-state index contributed by atoms with van der Waals surface area (Å²) in [5.41, 5.74) is 6.47. The van der Waals surface area contributed by atoms with Gasteiger partial charge in [0.15, 0.2) is 5.75 Å². The lowest BCUT2D eigenvalue weighted by Crippen LogP contribution is -2.24. The molecule has 0 saturated heterocycles. The predicted octanol–water partition coefficient (Wildman–Crippen LogP) is 3.40. The molecule has 0 atom stereocenters. The predicted molar refractivity (Wildman–Crippen MR) is 77.7 cm³/mol. The minimum Gasteiger partial charge on any atom is -0.483 e. The van der Waals surface area contributed by atoms with Gasteiger partial charge in [0, 0.05) is 12.6 Å². The average Bonchev–Trinajstić information content (AvgIpc) is 2.47. The zero-order chi connectivity index (χ0) is 14.5. The summed E-state index contributed by atoms with van der Waals surface area (Å²) in [6.07, 6.45) is 5.53. The molecule has 0 aromatic heterocycles. The highest BCUT2D eigenvalue weighted by atomic mass is 16.6. The van der Waals surface area contributed by atoms with Crippen molar-refractivity contribution >= 4 is 5.69 Å².